The van der Waals surface area contributed by atoms with Gasteiger partial charge in [0.2, 0.25) is 0 Å². The number of esters is 1. The minimum Gasteiger partial charge on any atom is -0.463 e. The molecule has 1 aromatic heterocycles. The molecule has 2 N–H and O–H groups in total. The average molecular weight is 509 g/mol. The largest absolute Gasteiger partial charge is 0.463 e. The first-order chi connectivity index (χ1) is 15.1. The monoisotopic (exact) mass is 508 g/mol. The third-order valence-electron chi connectivity index (χ3n) is 4.95. The van der Waals surface area contributed by atoms with Gasteiger partial charge in [-0.05, 0) is 24.6 Å². The van der Waals surface area contributed by atoms with Crippen LogP contribution in [0.4, 0.5) is 4.39 Å². The minimum atomic E-state index is -0.680. The van der Waals surface area contributed by atoms with Crippen molar-refractivity contribution in [1.29, 1.82) is 0 Å². The number of ether oxygens (including phenoxy) is 2. The fourth-order valence-corrected chi connectivity index (χ4v) is 4.74. The summed E-state index contributed by atoms with van der Waals surface area (Å²) in [5.41, 5.74) is 1.73. The molecule has 3 heterocycles. The van der Waals surface area contributed by atoms with Crippen LogP contribution in [-0.2, 0) is 14.3 Å². The SMILES string of the molecule is CCOC(=O)C1=C(CC2CNCCO2)NC(c2nccs2)=NC1c1ccc(F)cc1Br. The molecule has 2 aliphatic heterocycles. The highest BCUT2D eigenvalue weighted by atomic mass is 79.9. The molecule has 2 aliphatic rings. The maximum absolute atomic E-state index is 13.8. The Morgan fingerprint density at radius 1 is 1.45 bits per heavy atom. The standard InChI is InChI=1S/C21H22BrFN4O3S/c1-2-29-21(28)17-16(10-13-11-24-5-7-30-13)26-19(20-25-6-8-31-20)27-18(17)14-4-3-12(23)9-15(14)22/h3-4,6,8-9,13,18,24H,2,5,7,10-11H2,1H3,(H,26,27). The first-order valence-corrected chi connectivity index (χ1v) is 11.7. The number of carbonyl (C=O) groups excluding carboxylic acids is 1. The second-order valence-corrected chi connectivity index (χ2v) is 8.77. The summed E-state index contributed by atoms with van der Waals surface area (Å²) in [6.45, 7) is 4.07. The van der Waals surface area contributed by atoms with Crippen LogP contribution in [0.15, 0.2) is 50.5 Å². The number of hydrogen-bond acceptors (Lipinski definition) is 8. The number of hydrogen-bond donors (Lipinski definition) is 2. The van der Waals surface area contributed by atoms with E-state index >= 15 is 0 Å². The molecule has 0 amide bonds. The Morgan fingerprint density at radius 3 is 3.00 bits per heavy atom. The van der Waals surface area contributed by atoms with Gasteiger partial charge >= 0.3 is 5.97 Å². The molecule has 4 rings (SSSR count). The Morgan fingerprint density at radius 2 is 2.32 bits per heavy atom. The van der Waals surface area contributed by atoms with Crippen LogP contribution >= 0.6 is 27.3 Å². The molecule has 0 radical (unpaired) electrons. The first-order valence-electron chi connectivity index (χ1n) is 9.99. The quantitative estimate of drug-likeness (QED) is 0.582. The molecular weight excluding hydrogens is 487 g/mol. The number of rotatable bonds is 6. The van der Waals surface area contributed by atoms with Crippen LogP contribution in [0.1, 0.15) is 30.0 Å². The second-order valence-electron chi connectivity index (χ2n) is 7.02. The van der Waals surface area contributed by atoms with E-state index in [1.165, 1.54) is 23.5 Å². The summed E-state index contributed by atoms with van der Waals surface area (Å²) in [7, 11) is 0. The molecule has 1 aromatic carbocycles. The Bertz CT molecular complexity index is 1010. The minimum absolute atomic E-state index is 0.103. The van der Waals surface area contributed by atoms with Crippen molar-refractivity contribution in [3.63, 3.8) is 0 Å². The van der Waals surface area contributed by atoms with Crippen LogP contribution in [-0.4, -0.2) is 49.2 Å². The molecule has 164 valence electrons. The van der Waals surface area contributed by atoms with Gasteiger partial charge in [0, 0.05) is 41.3 Å². The van der Waals surface area contributed by atoms with E-state index in [2.05, 4.69) is 31.5 Å². The average Bonchev–Trinajstić information content (AvgIpc) is 3.29. The van der Waals surface area contributed by atoms with Crippen LogP contribution in [0.25, 0.3) is 0 Å². The predicted octanol–water partition coefficient (Wildman–Crippen LogP) is 3.33. The third-order valence-corrected chi connectivity index (χ3v) is 6.42. The normalized spacial score (nSPS) is 21.5. The van der Waals surface area contributed by atoms with E-state index < -0.39 is 12.0 Å². The number of amidine groups is 1. The van der Waals surface area contributed by atoms with Gasteiger partial charge in [0.25, 0.3) is 0 Å². The van der Waals surface area contributed by atoms with Crippen molar-refractivity contribution in [2.75, 3.05) is 26.3 Å². The molecule has 2 aromatic rings. The number of halogens is 2. The lowest BCUT2D eigenvalue weighted by Gasteiger charge is -2.31. The molecule has 10 heteroatoms. The number of aliphatic imine (C=N–C) groups is 1. The summed E-state index contributed by atoms with van der Waals surface area (Å²) in [6, 6.07) is 3.68. The van der Waals surface area contributed by atoms with E-state index in [-0.39, 0.29) is 18.5 Å². The number of carbonyl (C=O) groups is 1. The van der Waals surface area contributed by atoms with Gasteiger partial charge in [-0.15, -0.1) is 11.3 Å². The van der Waals surface area contributed by atoms with Gasteiger partial charge in [0.15, 0.2) is 10.8 Å². The molecule has 2 unspecified atom stereocenters. The van der Waals surface area contributed by atoms with Crippen molar-refractivity contribution in [1.82, 2.24) is 15.6 Å². The molecule has 1 saturated heterocycles. The van der Waals surface area contributed by atoms with Crippen molar-refractivity contribution in [2.24, 2.45) is 4.99 Å². The van der Waals surface area contributed by atoms with Crippen LogP contribution < -0.4 is 10.6 Å². The van der Waals surface area contributed by atoms with Crippen LogP contribution in [0.3, 0.4) is 0 Å². The summed E-state index contributed by atoms with van der Waals surface area (Å²) in [6.07, 6.45) is 2.07. The zero-order chi connectivity index (χ0) is 21.8. The maximum atomic E-state index is 13.8. The lowest BCUT2D eigenvalue weighted by Crippen LogP contribution is -2.41. The zero-order valence-corrected chi connectivity index (χ0v) is 19.3. The number of thiazole rings is 1. The summed E-state index contributed by atoms with van der Waals surface area (Å²) >= 11 is 4.88. The lowest BCUT2D eigenvalue weighted by atomic mass is 9.93. The Hall–Kier alpha value is -2.14. The summed E-state index contributed by atoms with van der Waals surface area (Å²) in [5, 5.41) is 9.17. The second kappa shape index (κ2) is 9.99. The van der Waals surface area contributed by atoms with Crippen molar-refractivity contribution in [3.8, 4) is 0 Å². The zero-order valence-electron chi connectivity index (χ0n) is 16.9. The summed E-state index contributed by atoms with van der Waals surface area (Å²) in [5.74, 6) is -0.280. The number of nitrogens with one attached hydrogen (secondary N) is 2. The lowest BCUT2D eigenvalue weighted by molar-refractivity contribution is -0.139. The molecule has 0 saturated carbocycles. The van der Waals surface area contributed by atoms with Crippen molar-refractivity contribution in [3.05, 3.63) is 61.9 Å². The van der Waals surface area contributed by atoms with Crippen LogP contribution in [0, 0.1) is 5.82 Å². The van der Waals surface area contributed by atoms with Crippen molar-refractivity contribution < 1.29 is 18.7 Å². The molecule has 31 heavy (non-hydrogen) atoms. The van der Waals surface area contributed by atoms with Gasteiger partial charge < -0.3 is 20.1 Å². The van der Waals surface area contributed by atoms with Gasteiger partial charge in [-0.1, -0.05) is 22.0 Å². The Balaban J connectivity index is 1.81. The fourth-order valence-electron chi connectivity index (χ4n) is 3.58. The number of aromatic nitrogens is 1. The molecule has 1 fully saturated rings. The van der Waals surface area contributed by atoms with E-state index in [1.807, 2.05) is 5.38 Å². The van der Waals surface area contributed by atoms with E-state index in [0.29, 0.717) is 51.7 Å². The number of nitrogens with zero attached hydrogens (tertiary/aromatic N) is 2. The van der Waals surface area contributed by atoms with Crippen molar-refractivity contribution in [2.45, 2.75) is 25.5 Å². The van der Waals surface area contributed by atoms with E-state index in [0.717, 1.165) is 6.54 Å². The third kappa shape index (κ3) is 5.03. The van der Waals surface area contributed by atoms with Gasteiger partial charge in [0.05, 0.1) is 24.9 Å². The van der Waals surface area contributed by atoms with Crippen LogP contribution in [0.2, 0.25) is 0 Å². The summed E-state index contributed by atoms with van der Waals surface area (Å²) in [4.78, 5) is 22.2. The van der Waals surface area contributed by atoms with Gasteiger partial charge in [-0.2, -0.15) is 0 Å². The van der Waals surface area contributed by atoms with Crippen LogP contribution in [0.5, 0.6) is 0 Å². The highest BCUT2D eigenvalue weighted by molar-refractivity contribution is 9.10. The van der Waals surface area contributed by atoms with Gasteiger partial charge in [0.1, 0.15) is 11.9 Å². The molecule has 2 atom stereocenters. The molecule has 0 aliphatic carbocycles. The topological polar surface area (TPSA) is 84.8 Å². The molecular formula is C21H22BrFN4O3S. The number of benzene rings is 1. The van der Waals surface area contributed by atoms with E-state index in [1.54, 1.807) is 19.2 Å². The summed E-state index contributed by atoms with van der Waals surface area (Å²) < 4.78 is 25.5. The number of morpholine rings is 1. The first kappa shape index (κ1) is 22.1. The molecule has 0 bridgehead atoms. The highest BCUT2D eigenvalue weighted by Gasteiger charge is 2.35. The van der Waals surface area contributed by atoms with E-state index in [9.17, 15) is 9.18 Å². The van der Waals surface area contributed by atoms with Gasteiger partial charge in [-0.3, -0.25) is 4.99 Å². The predicted molar refractivity (Wildman–Crippen MR) is 120 cm³/mol. The highest BCUT2D eigenvalue weighted by Crippen LogP contribution is 2.37. The maximum Gasteiger partial charge on any atom is 0.338 e. The van der Waals surface area contributed by atoms with E-state index in [4.69, 9.17) is 14.5 Å². The molecule has 7 nitrogen and oxygen atoms in total. The smallest absolute Gasteiger partial charge is 0.338 e. The Kier molecular flexibility index (Phi) is 7.11. The Labute approximate surface area is 191 Å². The van der Waals surface area contributed by atoms with Crippen molar-refractivity contribution >= 4 is 39.1 Å². The molecule has 0 spiro atoms. The fraction of sp³-hybridized carbons (Fsp3) is 0.381. The van der Waals surface area contributed by atoms with Gasteiger partial charge in [-0.25, -0.2) is 14.2 Å².